The highest BCUT2D eigenvalue weighted by molar-refractivity contribution is 5.74. The molecule has 19 heavy (non-hydrogen) atoms. The first-order valence-corrected chi connectivity index (χ1v) is 6.77. The Morgan fingerprint density at radius 1 is 1.11 bits per heavy atom. The fourth-order valence-corrected chi connectivity index (χ4v) is 1.35. The Balaban J connectivity index is 0.000000342. The molecule has 1 rings (SSSR count). The van der Waals surface area contributed by atoms with E-state index in [2.05, 4.69) is 34.6 Å². The summed E-state index contributed by atoms with van der Waals surface area (Å²) < 4.78 is 5.39. The van der Waals surface area contributed by atoms with E-state index in [1.807, 2.05) is 31.2 Å². The molecule has 0 N–H and O–H groups in total. The molecule has 0 atom stereocenters. The van der Waals surface area contributed by atoms with E-state index >= 15 is 0 Å². The summed E-state index contributed by atoms with van der Waals surface area (Å²) in [6, 6.07) is 7.46. The van der Waals surface area contributed by atoms with Crippen molar-refractivity contribution in [1.82, 2.24) is 0 Å². The molecule has 2 heteroatoms. The lowest BCUT2D eigenvalue weighted by atomic mass is 9.75. The summed E-state index contributed by atoms with van der Waals surface area (Å²) in [5.74, 6) is 0. The minimum atomic E-state index is -0.0122. The molecule has 0 unspecified atom stereocenters. The summed E-state index contributed by atoms with van der Waals surface area (Å²) in [4.78, 5) is 10.1. The molecule has 108 valence electrons. The molecule has 1 aromatic carbocycles. The topological polar surface area (TPSA) is 26.3 Å². The summed E-state index contributed by atoms with van der Waals surface area (Å²) in [5.41, 5.74) is 2.17. The normalized spacial score (nSPS) is 11.5. The van der Waals surface area contributed by atoms with E-state index in [0.29, 0.717) is 0 Å². The molecular weight excluding hydrogens is 236 g/mol. The van der Waals surface area contributed by atoms with Crippen molar-refractivity contribution in [2.75, 3.05) is 7.11 Å². The van der Waals surface area contributed by atoms with Gasteiger partial charge in [-0.2, -0.15) is 0 Å². The van der Waals surface area contributed by atoms with Crippen molar-refractivity contribution in [1.29, 1.82) is 0 Å². The fraction of sp³-hybridized carbons (Fsp3) is 0.588. The maximum absolute atomic E-state index is 10.1. The summed E-state index contributed by atoms with van der Waals surface area (Å²) in [6.07, 6.45) is 1.99. The largest absolute Gasteiger partial charge is 0.378 e. The van der Waals surface area contributed by atoms with Crippen molar-refractivity contribution in [3.8, 4) is 0 Å². The molecule has 0 aliphatic carbocycles. The molecule has 0 saturated heterocycles. The Labute approximate surface area is 118 Å². The molecule has 0 heterocycles. The van der Waals surface area contributed by atoms with Gasteiger partial charge in [0, 0.05) is 12.7 Å². The highest BCUT2D eigenvalue weighted by Gasteiger charge is 2.34. The highest BCUT2D eigenvalue weighted by Crippen LogP contribution is 2.35. The van der Waals surface area contributed by atoms with Crippen molar-refractivity contribution in [2.24, 2.45) is 5.41 Å². The van der Waals surface area contributed by atoms with Crippen LogP contribution >= 0.6 is 0 Å². The van der Waals surface area contributed by atoms with Gasteiger partial charge in [-0.1, -0.05) is 50.6 Å². The van der Waals surface area contributed by atoms with Gasteiger partial charge in [-0.25, -0.2) is 0 Å². The molecular formula is C17H28O2. The van der Waals surface area contributed by atoms with Crippen LogP contribution in [0.2, 0.25) is 0 Å². The number of methoxy groups -OCH3 is 1. The Bertz CT molecular complexity index is 361. The van der Waals surface area contributed by atoms with Crippen LogP contribution in [0.4, 0.5) is 0 Å². The van der Waals surface area contributed by atoms with Gasteiger partial charge in [-0.3, -0.25) is 4.79 Å². The third-order valence-electron chi connectivity index (χ3n) is 4.24. The average molecular weight is 264 g/mol. The van der Waals surface area contributed by atoms with Gasteiger partial charge in [-0.05, 0) is 32.6 Å². The van der Waals surface area contributed by atoms with Crippen LogP contribution in [0.5, 0.6) is 0 Å². The molecule has 2 nitrogen and oxygen atoms in total. The Morgan fingerprint density at radius 2 is 1.58 bits per heavy atom. The summed E-state index contributed by atoms with van der Waals surface area (Å²) in [5, 5.41) is 0. The van der Waals surface area contributed by atoms with Gasteiger partial charge in [0.05, 0.1) is 5.60 Å². The van der Waals surface area contributed by atoms with E-state index < -0.39 is 0 Å². The van der Waals surface area contributed by atoms with Gasteiger partial charge in [0.2, 0.25) is 0 Å². The van der Waals surface area contributed by atoms with Crippen LogP contribution in [0.15, 0.2) is 24.3 Å². The molecule has 0 aromatic heterocycles. The van der Waals surface area contributed by atoms with Gasteiger partial charge in [-0.15, -0.1) is 0 Å². The van der Waals surface area contributed by atoms with Crippen LogP contribution in [0.1, 0.15) is 57.0 Å². The first kappa shape index (κ1) is 17.8. The Hall–Kier alpha value is -1.15. The van der Waals surface area contributed by atoms with Gasteiger partial charge < -0.3 is 4.74 Å². The van der Waals surface area contributed by atoms with E-state index in [4.69, 9.17) is 4.74 Å². The zero-order chi connectivity index (χ0) is 15.1. The second kappa shape index (κ2) is 7.44. The Morgan fingerprint density at radius 3 is 1.84 bits per heavy atom. The van der Waals surface area contributed by atoms with Crippen molar-refractivity contribution < 1.29 is 9.53 Å². The van der Waals surface area contributed by atoms with Gasteiger partial charge in [0.25, 0.3) is 0 Å². The Kier molecular flexibility index (Phi) is 6.99. The van der Waals surface area contributed by atoms with Gasteiger partial charge >= 0.3 is 0 Å². The maximum Gasteiger partial charge on any atom is 0.150 e. The monoisotopic (exact) mass is 264 g/mol. The smallest absolute Gasteiger partial charge is 0.150 e. The predicted octanol–water partition coefficient (Wildman–Crippen LogP) is 4.66. The van der Waals surface area contributed by atoms with Crippen LogP contribution in [-0.4, -0.2) is 19.0 Å². The quantitative estimate of drug-likeness (QED) is 0.740. The minimum absolute atomic E-state index is 0.0122. The summed E-state index contributed by atoms with van der Waals surface area (Å²) in [6.45, 7) is 12.9. The SMILES string of the molecule is CCC(C)(C)C(C)(C)OC.Cc1ccc(C=O)cc1. The molecule has 0 aliphatic rings. The lowest BCUT2D eigenvalue weighted by Crippen LogP contribution is -2.40. The van der Waals surface area contributed by atoms with E-state index in [1.54, 1.807) is 7.11 Å². The first-order valence-electron chi connectivity index (χ1n) is 6.77. The van der Waals surface area contributed by atoms with Crippen molar-refractivity contribution in [3.63, 3.8) is 0 Å². The lowest BCUT2D eigenvalue weighted by Gasteiger charge is -2.39. The zero-order valence-electron chi connectivity index (χ0n) is 13.4. The number of hydrogen-bond acceptors (Lipinski definition) is 2. The van der Waals surface area contributed by atoms with Gasteiger partial charge in [0.1, 0.15) is 6.29 Å². The number of hydrogen-bond donors (Lipinski definition) is 0. The number of carbonyl (C=O) groups excluding carboxylic acids is 1. The van der Waals surface area contributed by atoms with Crippen LogP contribution in [0.3, 0.4) is 0 Å². The molecule has 0 bridgehead atoms. The number of aldehydes is 1. The van der Waals surface area contributed by atoms with E-state index in [0.717, 1.165) is 18.3 Å². The highest BCUT2D eigenvalue weighted by atomic mass is 16.5. The number of rotatable bonds is 4. The molecule has 0 amide bonds. The third-order valence-corrected chi connectivity index (χ3v) is 4.24. The minimum Gasteiger partial charge on any atom is -0.378 e. The van der Waals surface area contributed by atoms with E-state index in [1.165, 1.54) is 5.56 Å². The summed E-state index contributed by atoms with van der Waals surface area (Å²) in [7, 11) is 1.78. The molecule has 0 spiro atoms. The summed E-state index contributed by atoms with van der Waals surface area (Å²) >= 11 is 0. The van der Waals surface area contributed by atoms with Crippen molar-refractivity contribution in [3.05, 3.63) is 35.4 Å². The van der Waals surface area contributed by atoms with Crippen LogP contribution < -0.4 is 0 Å². The number of carbonyl (C=O) groups is 1. The van der Waals surface area contributed by atoms with Crippen LogP contribution in [0, 0.1) is 12.3 Å². The lowest BCUT2D eigenvalue weighted by molar-refractivity contribution is -0.0723. The average Bonchev–Trinajstić information content (AvgIpc) is 2.40. The molecule has 0 saturated carbocycles. The molecule has 1 aromatic rings. The van der Waals surface area contributed by atoms with Crippen molar-refractivity contribution in [2.45, 2.75) is 53.6 Å². The second-order valence-electron chi connectivity index (χ2n) is 5.98. The van der Waals surface area contributed by atoms with Gasteiger partial charge in [0.15, 0.2) is 0 Å². The second-order valence-corrected chi connectivity index (χ2v) is 5.98. The molecule has 0 fully saturated rings. The zero-order valence-corrected chi connectivity index (χ0v) is 13.4. The molecule has 0 aliphatic heterocycles. The van der Waals surface area contributed by atoms with E-state index in [9.17, 15) is 4.79 Å². The predicted molar refractivity (Wildman–Crippen MR) is 81.7 cm³/mol. The maximum atomic E-state index is 10.1. The first-order chi connectivity index (χ1) is 8.70. The third kappa shape index (κ3) is 5.56. The molecule has 0 radical (unpaired) electrons. The number of ether oxygens (including phenoxy) is 1. The van der Waals surface area contributed by atoms with E-state index in [-0.39, 0.29) is 11.0 Å². The van der Waals surface area contributed by atoms with Crippen LogP contribution in [-0.2, 0) is 4.74 Å². The standard InChI is InChI=1S/C9H20O.C8H8O/c1-7-8(2,3)9(4,5)10-6;1-7-2-4-8(6-9)5-3-7/h7H2,1-6H3;2-6H,1H3. The van der Waals surface area contributed by atoms with Crippen molar-refractivity contribution >= 4 is 6.29 Å². The van der Waals surface area contributed by atoms with Crippen LogP contribution in [0.25, 0.3) is 0 Å². The number of aryl methyl sites for hydroxylation is 1. The number of benzene rings is 1. The fourth-order valence-electron chi connectivity index (χ4n) is 1.35.